The molecule has 0 fully saturated rings. The third-order valence-electron chi connectivity index (χ3n) is 15.8. The van der Waals surface area contributed by atoms with Crippen molar-refractivity contribution < 1.29 is 0 Å². The maximum Gasteiger partial charge on any atom is -0.000695 e. The van der Waals surface area contributed by atoms with E-state index in [-0.39, 0.29) is 0 Å². The number of rotatable bonds is 5. The molecular formula is C70H40. The SMILES string of the molecule is c1ccc(-c2ccc3c4c(-c5ccccc5)c5c(-c6ccccc6)ccc6c5c(c5cccc7c(-c8ccccc8)c8c9cccc%10cccc(c%109)c8c6c75)c4c4ccc(-c5ccccc5)c2c34)cc1. The van der Waals surface area contributed by atoms with Gasteiger partial charge in [-0.2, -0.15) is 0 Å². The molecule has 0 aliphatic carbocycles. The Hall–Kier alpha value is -9.10. The number of fused-ring (bicyclic) bond motifs is 10. The van der Waals surface area contributed by atoms with Crippen LogP contribution in [0.3, 0.4) is 0 Å². The van der Waals surface area contributed by atoms with Crippen molar-refractivity contribution in [3.05, 3.63) is 243 Å². The van der Waals surface area contributed by atoms with E-state index in [2.05, 4.69) is 243 Å². The summed E-state index contributed by atoms with van der Waals surface area (Å²) in [4.78, 5) is 0. The highest BCUT2D eigenvalue weighted by Crippen LogP contribution is 2.59. The summed E-state index contributed by atoms with van der Waals surface area (Å²) in [5.74, 6) is 0. The first-order valence-corrected chi connectivity index (χ1v) is 24.5. The lowest BCUT2D eigenvalue weighted by Gasteiger charge is -2.23. The van der Waals surface area contributed by atoms with Crippen LogP contribution in [0.5, 0.6) is 0 Å². The molecule has 16 rings (SSSR count). The minimum Gasteiger partial charge on any atom is -0.0622 e. The van der Waals surface area contributed by atoms with E-state index in [4.69, 9.17) is 0 Å². The summed E-state index contributed by atoms with van der Waals surface area (Å²) in [7, 11) is 0. The maximum atomic E-state index is 2.48. The molecule has 16 aromatic rings. The Labute approximate surface area is 403 Å². The van der Waals surface area contributed by atoms with E-state index >= 15 is 0 Å². The van der Waals surface area contributed by atoms with Crippen molar-refractivity contribution in [2.75, 3.05) is 0 Å². The summed E-state index contributed by atoms with van der Waals surface area (Å²) in [6, 6.07) is 91.2. The molecule has 0 spiro atoms. The van der Waals surface area contributed by atoms with Crippen molar-refractivity contribution in [2.24, 2.45) is 0 Å². The third-order valence-corrected chi connectivity index (χ3v) is 15.8. The molecule has 0 aliphatic rings. The van der Waals surface area contributed by atoms with E-state index in [1.807, 2.05) is 0 Å². The summed E-state index contributed by atoms with van der Waals surface area (Å²) in [6.45, 7) is 0. The molecule has 16 aromatic carbocycles. The van der Waals surface area contributed by atoms with Crippen molar-refractivity contribution in [3.63, 3.8) is 0 Å². The van der Waals surface area contributed by atoms with Gasteiger partial charge in [0.25, 0.3) is 0 Å². The monoisotopic (exact) mass is 880 g/mol. The molecule has 0 atom stereocenters. The van der Waals surface area contributed by atoms with E-state index in [0.717, 1.165) is 0 Å². The van der Waals surface area contributed by atoms with Gasteiger partial charge < -0.3 is 0 Å². The van der Waals surface area contributed by atoms with Gasteiger partial charge in [0.2, 0.25) is 0 Å². The van der Waals surface area contributed by atoms with Crippen LogP contribution in [0.4, 0.5) is 0 Å². The zero-order valence-corrected chi connectivity index (χ0v) is 38.1. The fraction of sp³-hybridized carbons (Fsp3) is 0. The maximum absolute atomic E-state index is 2.48. The minimum absolute atomic E-state index is 1.22. The van der Waals surface area contributed by atoms with Gasteiger partial charge in [0, 0.05) is 0 Å². The zero-order valence-electron chi connectivity index (χ0n) is 38.1. The van der Waals surface area contributed by atoms with Crippen LogP contribution in [-0.2, 0) is 0 Å². The van der Waals surface area contributed by atoms with Gasteiger partial charge in [0.15, 0.2) is 0 Å². The van der Waals surface area contributed by atoms with Gasteiger partial charge in [-0.05, 0) is 163 Å². The van der Waals surface area contributed by atoms with E-state index < -0.39 is 0 Å². The molecule has 320 valence electrons. The van der Waals surface area contributed by atoms with Gasteiger partial charge in [-0.15, -0.1) is 0 Å². The second-order valence-electron chi connectivity index (χ2n) is 19.2. The van der Waals surface area contributed by atoms with Gasteiger partial charge in [-0.1, -0.05) is 243 Å². The quantitative estimate of drug-likeness (QED) is 0.119. The molecule has 0 amide bonds. The Kier molecular flexibility index (Phi) is 7.70. The van der Waals surface area contributed by atoms with Crippen LogP contribution in [-0.4, -0.2) is 0 Å². The van der Waals surface area contributed by atoms with Crippen molar-refractivity contribution >= 4 is 108 Å². The fourth-order valence-electron chi connectivity index (χ4n) is 13.2. The number of hydrogen-bond donors (Lipinski definition) is 0. The molecule has 0 aromatic heterocycles. The van der Waals surface area contributed by atoms with Crippen molar-refractivity contribution in [1.82, 2.24) is 0 Å². The first-order valence-electron chi connectivity index (χ1n) is 24.5. The van der Waals surface area contributed by atoms with Gasteiger partial charge in [0.05, 0.1) is 0 Å². The highest BCUT2D eigenvalue weighted by Gasteiger charge is 2.30. The van der Waals surface area contributed by atoms with E-state index in [9.17, 15) is 0 Å². The lowest BCUT2D eigenvalue weighted by molar-refractivity contribution is 1.64. The lowest BCUT2D eigenvalue weighted by atomic mass is 9.79. The number of benzene rings is 14. The van der Waals surface area contributed by atoms with Crippen molar-refractivity contribution in [2.45, 2.75) is 0 Å². The Morgan fingerprint density at radius 1 is 0.143 bits per heavy atom. The van der Waals surface area contributed by atoms with E-state index in [1.165, 1.54) is 163 Å². The Balaban J connectivity index is 1.25. The van der Waals surface area contributed by atoms with Gasteiger partial charge in [-0.3, -0.25) is 0 Å². The Morgan fingerprint density at radius 3 is 0.986 bits per heavy atom. The smallest absolute Gasteiger partial charge is 0.000695 e. The standard InChI is InChI=1S/C70H40/c1-6-19-41(20-7-1)47-35-38-54-61-55(39-36-48(60(47)61)42-21-8-2-9-22-42)69-65(54)59(46-27-14-5-15-28-46)63-49(43-23-10-3-11-24-43)37-40-56-66-62-52(33-18-34-53(62)68(69)70(56)63)58(45-25-12-4-13-26-45)64-50-31-16-29-44-30-17-32-51(57(44)50)67(64)66/h1-40H. The predicted octanol–water partition coefficient (Wildman–Crippen LogP) is 19.9. The second kappa shape index (κ2) is 14.2. The van der Waals surface area contributed by atoms with Crippen LogP contribution >= 0.6 is 0 Å². The predicted molar refractivity (Wildman–Crippen MR) is 302 cm³/mol. The largest absolute Gasteiger partial charge is 0.0622 e. The molecule has 0 unspecified atom stereocenters. The van der Waals surface area contributed by atoms with Crippen LogP contribution in [0.25, 0.3) is 163 Å². The first kappa shape index (κ1) is 37.9. The fourth-order valence-corrected chi connectivity index (χ4v) is 13.2. The molecule has 0 saturated heterocycles. The molecule has 0 heteroatoms. The average molecular weight is 881 g/mol. The summed E-state index contributed by atoms with van der Waals surface area (Å²) in [6.07, 6.45) is 0. The molecule has 0 nitrogen and oxygen atoms in total. The summed E-state index contributed by atoms with van der Waals surface area (Å²) < 4.78 is 0. The third kappa shape index (κ3) is 4.94. The summed E-state index contributed by atoms with van der Waals surface area (Å²) in [5.41, 5.74) is 12.5. The van der Waals surface area contributed by atoms with Crippen LogP contribution < -0.4 is 0 Å². The van der Waals surface area contributed by atoms with Crippen LogP contribution in [0.1, 0.15) is 0 Å². The molecule has 0 N–H and O–H groups in total. The van der Waals surface area contributed by atoms with Gasteiger partial charge in [0.1, 0.15) is 0 Å². The first-order chi connectivity index (χ1) is 34.8. The average Bonchev–Trinajstić information content (AvgIpc) is 3.95. The molecule has 0 aliphatic heterocycles. The van der Waals surface area contributed by atoms with Crippen molar-refractivity contribution in [3.8, 4) is 55.6 Å². The van der Waals surface area contributed by atoms with Crippen LogP contribution in [0, 0.1) is 0 Å². The molecule has 0 radical (unpaired) electrons. The second-order valence-corrected chi connectivity index (χ2v) is 19.2. The zero-order chi connectivity index (χ0) is 45.6. The normalized spacial score (nSPS) is 12.3. The molecular weight excluding hydrogens is 841 g/mol. The van der Waals surface area contributed by atoms with Crippen LogP contribution in [0.2, 0.25) is 0 Å². The van der Waals surface area contributed by atoms with E-state index in [1.54, 1.807) is 0 Å². The topological polar surface area (TPSA) is 0 Å². The summed E-state index contributed by atoms with van der Waals surface area (Å²) >= 11 is 0. The lowest BCUT2D eigenvalue weighted by Crippen LogP contribution is -1.95. The summed E-state index contributed by atoms with van der Waals surface area (Å²) in [5, 5.41) is 26.3. The Morgan fingerprint density at radius 2 is 0.457 bits per heavy atom. The van der Waals surface area contributed by atoms with Gasteiger partial charge >= 0.3 is 0 Å². The van der Waals surface area contributed by atoms with Crippen molar-refractivity contribution in [1.29, 1.82) is 0 Å². The van der Waals surface area contributed by atoms with E-state index in [0.29, 0.717) is 0 Å². The Bertz CT molecular complexity index is 4700. The molecule has 0 saturated carbocycles. The number of hydrogen-bond acceptors (Lipinski definition) is 0. The highest BCUT2D eigenvalue weighted by molar-refractivity contribution is 6.54. The minimum atomic E-state index is 1.22. The molecule has 0 bridgehead atoms. The highest BCUT2D eigenvalue weighted by atomic mass is 14.3. The van der Waals surface area contributed by atoms with Gasteiger partial charge in [-0.25, -0.2) is 0 Å². The van der Waals surface area contributed by atoms with Crippen LogP contribution in [0.15, 0.2) is 243 Å². The molecule has 70 heavy (non-hydrogen) atoms. The molecule has 0 heterocycles.